The van der Waals surface area contributed by atoms with E-state index in [1.165, 1.54) is 231 Å². The van der Waals surface area contributed by atoms with Crippen molar-refractivity contribution in [1.82, 2.24) is 0 Å². The minimum atomic E-state index is -2.41. The first-order valence-corrected chi connectivity index (χ1v) is 62.9. The molecule has 0 amide bonds. The molecule has 0 spiro atoms. The van der Waals surface area contributed by atoms with Crippen LogP contribution in [0.3, 0.4) is 0 Å². The molecule has 0 atom stereocenters. The Bertz CT molecular complexity index is 1940. The maximum absolute atomic E-state index is 5.90. The third-order valence-corrected chi connectivity index (χ3v) is 34.8. The van der Waals surface area contributed by atoms with Crippen molar-refractivity contribution in [2.24, 2.45) is 0 Å². The predicted octanol–water partition coefficient (Wildman–Crippen LogP) is 26.7. The maximum atomic E-state index is 5.90. The SMILES string of the molecule is S=P([S-])(OC1CCCCC1)OC1CCCCC1.S=P([S-])(OC1CCCCC1)OC1CCCCC1.S=P([S-])(OC1CCCCC1)OC1CCCCC1.S=P([S-])(OC1CCCCC1)OC1CCCCC1.S=P([S-])(OC1CCCCC1)OC1CCCCC1.S=P([S-])(OC1CCCCC1)OC1CCCCC1.[Mo+6]. The second kappa shape index (κ2) is 55.1. The predicted molar refractivity (Wildman–Crippen MR) is 465 cm³/mol. The Morgan fingerprint density at radius 2 is 0.194 bits per heavy atom. The van der Waals surface area contributed by atoms with E-state index in [0.717, 1.165) is 154 Å². The zero-order chi connectivity index (χ0) is 72.8. The van der Waals surface area contributed by atoms with Crippen molar-refractivity contribution >= 4 is 178 Å². The van der Waals surface area contributed by atoms with Crippen molar-refractivity contribution in [3.63, 3.8) is 0 Å². The van der Waals surface area contributed by atoms with E-state index in [-0.39, 0.29) is 94.3 Å². The van der Waals surface area contributed by atoms with Crippen molar-refractivity contribution in [3.8, 4) is 0 Å². The van der Waals surface area contributed by atoms with E-state index in [1.807, 2.05) is 0 Å². The number of hydrogen-bond donors (Lipinski definition) is 0. The third-order valence-electron chi connectivity index (χ3n) is 22.0. The average Bonchev–Trinajstić information content (AvgIpc) is 0.933. The van der Waals surface area contributed by atoms with Crippen LogP contribution in [0.2, 0.25) is 0 Å². The van der Waals surface area contributed by atoms with Gasteiger partial charge in [-0.1, -0.05) is 302 Å². The Balaban J connectivity index is 0.000000194. The van der Waals surface area contributed by atoms with Crippen molar-refractivity contribution in [2.45, 2.75) is 458 Å². The molecule has 0 radical (unpaired) electrons. The first-order valence-electron chi connectivity index (χ1n) is 41.0. The van der Waals surface area contributed by atoms with Gasteiger partial charge in [0.05, 0.1) is 107 Å². The van der Waals surface area contributed by atoms with Gasteiger partial charge in [0.25, 0.3) is 0 Å². The first kappa shape index (κ1) is 98.0. The quantitative estimate of drug-likeness (QED) is 0.0519. The van der Waals surface area contributed by atoms with Gasteiger partial charge in [-0.2, -0.15) is 0 Å². The summed E-state index contributed by atoms with van der Waals surface area (Å²) in [6.45, 7) is 0. The van der Waals surface area contributed by atoms with Gasteiger partial charge in [0.1, 0.15) is 0 Å². The Morgan fingerprint density at radius 1 is 0.136 bits per heavy atom. The minimum absolute atomic E-state index is 0. The molecule has 600 valence electrons. The van der Waals surface area contributed by atoms with Crippen molar-refractivity contribution in [3.05, 3.63) is 0 Å². The average molecular weight is 1860 g/mol. The molecule has 103 heavy (non-hydrogen) atoms. The molecule has 0 N–H and O–H groups in total. The summed E-state index contributed by atoms with van der Waals surface area (Å²) in [4.78, 5) is 0. The van der Waals surface area contributed by atoms with Crippen LogP contribution in [0, 0.1) is 0 Å². The smallest absolute Gasteiger partial charge is 0.691 e. The topological polar surface area (TPSA) is 111 Å². The van der Waals surface area contributed by atoms with Gasteiger partial charge in [-0.05, 0) is 154 Å². The summed E-state index contributed by atoms with van der Waals surface area (Å²) >= 11 is 64.6. The fourth-order valence-electron chi connectivity index (χ4n) is 16.4. The van der Waals surface area contributed by atoms with E-state index < -0.39 is 34.2 Å². The van der Waals surface area contributed by atoms with E-state index in [2.05, 4.69) is 0 Å². The molecule has 0 unspecified atom stereocenters. The van der Waals surface area contributed by atoms with Crippen molar-refractivity contribution < 1.29 is 75.4 Å². The molecule has 0 aliphatic heterocycles. The van der Waals surface area contributed by atoms with Crippen LogP contribution in [0.4, 0.5) is 0 Å². The van der Waals surface area contributed by atoms with E-state index >= 15 is 0 Å². The molecular weight excluding hydrogens is 1720 g/mol. The van der Waals surface area contributed by atoms with Crippen LogP contribution in [-0.4, -0.2) is 73.2 Å². The van der Waals surface area contributed by atoms with E-state index in [0.29, 0.717) is 0 Å². The largest absolute Gasteiger partial charge is 6.00 e. The fraction of sp³-hybridized carbons (Fsp3) is 1.00. The van der Waals surface area contributed by atoms with Crippen LogP contribution in [0.25, 0.3) is 0 Å². The summed E-state index contributed by atoms with van der Waals surface area (Å²) in [7, 11) is 0. The molecule has 0 aromatic carbocycles. The molecular formula is C72H132MoO12P6S12. The standard InChI is InChI=1S/6C12H23O2PS2.Mo/c6*16-15(17,13-11-7-3-1-4-8-11)14-12-9-5-2-6-10-12;/h6*11-12H,1-10H2,(H,16,17);/q;;;;;;+6/p-6. The van der Waals surface area contributed by atoms with Gasteiger partial charge in [-0.15, -0.1) is 0 Å². The van der Waals surface area contributed by atoms with E-state index in [4.69, 9.17) is 199 Å². The van der Waals surface area contributed by atoms with Crippen molar-refractivity contribution in [1.29, 1.82) is 0 Å². The summed E-state index contributed by atoms with van der Waals surface area (Å²) in [6, 6.07) is 0. The third kappa shape index (κ3) is 46.4. The monoisotopic (exact) mass is 1860 g/mol. The number of hydrogen-bond acceptors (Lipinski definition) is 24. The first-order chi connectivity index (χ1) is 48.9. The molecule has 0 bridgehead atoms. The molecule has 12 aliphatic rings. The van der Waals surface area contributed by atoms with Crippen molar-refractivity contribution in [2.75, 3.05) is 0 Å². The summed E-state index contributed by atoms with van der Waals surface area (Å²) in [6.07, 6.45) is 75.9. The molecule has 0 heterocycles. The molecule has 12 rings (SSSR count). The maximum Gasteiger partial charge on any atom is 6.00 e. The van der Waals surface area contributed by atoms with E-state index in [9.17, 15) is 0 Å². The van der Waals surface area contributed by atoms with Gasteiger partial charge in [0.15, 0.2) is 0 Å². The second-order valence-electron chi connectivity index (χ2n) is 31.1. The summed E-state index contributed by atoms with van der Waals surface area (Å²) < 4.78 is 70.8. The fourth-order valence-corrected chi connectivity index (χ4v) is 32.4. The van der Waals surface area contributed by atoms with Crippen LogP contribution in [0.1, 0.15) is 385 Å². The van der Waals surface area contributed by atoms with Gasteiger partial charge < -0.3 is 128 Å². The minimum Gasteiger partial charge on any atom is -0.691 e. The second-order valence-corrected chi connectivity index (χ2v) is 60.4. The Labute approximate surface area is 705 Å². The molecule has 0 saturated heterocycles. The molecule has 12 nitrogen and oxygen atoms in total. The molecule has 12 saturated carbocycles. The van der Waals surface area contributed by atoms with Gasteiger partial charge >= 0.3 is 21.1 Å². The summed E-state index contributed by atoms with van der Waals surface area (Å²) in [5.74, 6) is 0. The molecule has 0 aromatic rings. The zero-order valence-electron chi connectivity index (χ0n) is 62.2. The van der Waals surface area contributed by atoms with Gasteiger partial charge in [0.2, 0.25) is 0 Å². The Kier molecular flexibility index (Phi) is 52.5. The van der Waals surface area contributed by atoms with Gasteiger partial charge in [-0.25, -0.2) is 0 Å². The van der Waals surface area contributed by atoms with Gasteiger partial charge in [-0.3, -0.25) is 0 Å². The van der Waals surface area contributed by atoms with Crippen LogP contribution in [0.15, 0.2) is 0 Å². The van der Waals surface area contributed by atoms with Crippen LogP contribution in [0.5, 0.6) is 0 Å². The van der Waals surface area contributed by atoms with E-state index in [1.54, 1.807) is 0 Å². The van der Waals surface area contributed by atoms with Gasteiger partial charge in [0, 0.05) is 0 Å². The van der Waals surface area contributed by atoms with Crippen LogP contribution in [-0.2, 0) is 220 Å². The van der Waals surface area contributed by atoms with Crippen LogP contribution < -0.4 is 0 Å². The Hall–Kier alpha value is 6.21. The molecule has 12 aliphatic carbocycles. The summed E-state index contributed by atoms with van der Waals surface area (Å²) in [5.41, 5.74) is -14.5. The summed E-state index contributed by atoms with van der Waals surface area (Å²) in [5, 5.41) is 0. The van der Waals surface area contributed by atoms with Crippen LogP contribution >= 0.6 is 34.2 Å². The molecule has 12 fully saturated rings. The molecule has 0 aromatic heterocycles. The molecule has 31 heteroatoms. The Morgan fingerprint density at radius 3 is 0.252 bits per heavy atom. The normalized spacial score (nSPS) is 24.8. The zero-order valence-corrected chi connectivity index (χ0v) is 79.4. The number of rotatable bonds is 24.